The van der Waals surface area contributed by atoms with Gasteiger partial charge in [-0.2, -0.15) is 0 Å². The van der Waals surface area contributed by atoms with Crippen LogP contribution < -0.4 is 5.32 Å². The van der Waals surface area contributed by atoms with Crippen molar-refractivity contribution in [1.82, 2.24) is 10.2 Å². The molecule has 1 heterocycles. The van der Waals surface area contributed by atoms with Gasteiger partial charge in [0.2, 0.25) is 0 Å². The standard InChI is InChI=1S/C16H24BrFN2/c1-12(2)9-20(11-15-4-3-7-19-15)10-13-8-14(18)5-6-16(13)17/h5-6,8,12,15,19H,3-4,7,9-11H2,1-2H3. The Morgan fingerprint density at radius 3 is 2.90 bits per heavy atom. The molecule has 0 amide bonds. The van der Waals surface area contributed by atoms with Crippen LogP contribution in [0.15, 0.2) is 22.7 Å². The summed E-state index contributed by atoms with van der Waals surface area (Å²) in [6.07, 6.45) is 2.52. The molecule has 2 rings (SSSR count). The second-order valence-electron chi connectivity index (χ2n) is 6.12. The first kappa shape index (κ1) is 15.9. The summed E-state index contributed by atoms with van der Waals surface area (Å²) in [4.78, 5) is 2.44. The second kappa shape index (κ2) is 7.53. The lowest BCUT2D eigenvalue weighted by molar-refractivity contribution is 0.215. The van der Waals surface area contributed by atoms with Crippen molar-refractivity contribution in [3.63, 3.8) is 0 Å². The van der Waals surface area contributed by atoms with Crippen molar-refractivity contribution in [3.05, 3.63) is 34.1 Å². The molecule has 0 aliphatic carbocycles. The highest BCUT2D eigenvalue weighted by Gasteiger charge is 2.19. The molecule has 2 nitrogen and oxygen atoms in total. The SMILES string of the molecule is CC(C)CN(Cc1cc(F)ccc1Br)CC1CCCN1. The molecule has 1 aliphatic rings. The predicted molar refractivity (Wildman–Crippen MR) is 85.2 cm³/mol. The third-order valence-electron chi connectivity index (χ3n) is 3.67. The van der Waals surface area contributed by atoms with E-state index in [1.54, 1.807) is 12.1 Å². The molecule has 0 aromatic heterocycles. The van der Waals surface area contributed by atoms with Gasteiger partial charge in [-0.3, -0.25) is 4.90 Å². The van der Waals surface area contributed by atoms with Crippen molar-refractivity contribution < 1.29 is 4.39 Å². The fourth-order valence-electron chi connectivity index (χ4n) is 2.85. The van der Waals surface area contributed by atoms with E-state index in [1.165, 1.54) is 18.9 Å². The number of hydrogen-bond donors (Lipinski definition) is 1. The van der Waals surface area contributed by atoms with Crippen LogP contribution in [0.1, 0.15) is 32.3 Å². The Balaban J connectivity index is 2.03. The second-order valence-corrected chi connectivity index (χ2v) is 6.97. The van der Waals surface area contributed by atoms with Crippen LogP contribution in [0, 0.1) is 11.7 Å². The van der Waals surface area contributed by atoms with Crippen LogP contribution in [-0.4, -0.2) is 30.6 Å². The highest BCUT2D eigenvalue weighted by atomic mass is 79.9. The Kier molecular flexibility index (Phi) is 6.00. The van der Waals surface area contributed by atoms with Crippen molar-refractivity contribution in [2.75, 3.05) is 19.6 Å². The largest absolute Gasteiger partial charge is 0.313 e. The minimum Gasteiger partial charge on any atom is -0.313 e. The fourth-order valence-corrected chi connectivity index (χ4v) is 3.22. The maximum atomic E-state index is 13.4. The Morgan fingerprint density at radius 1 is 1.45 bits per heavy atom. The highest BCUT2D eigenvalue weighted by molar-refractivity contribution is 9.10. The van der Waals surface area contributed by atoms with Gasteiger partial charge in [0.25, 0.3) is 0 Å². The molecule has 1 aliphatic heterocycles. The molecule has 1 unspecified atom stereocenters. The lowest BCUT2D eigenvalue weighted by Crippen LogP contribution is -2.39. The fraction of sp³-hybridized carbons (Fsp3) is 0.625. The molecule has 0 saturated carbocycles. The molecule has 112 valence electrons. The Labute approximate surface area is 129 Å². The van der Waals surface area contributed by atoms with Crippen LogP contribution in [0.25, 0.3) is 0 Å². The molecule has 1 aromatic carbocycles. The lowest BCUT2D eigenvalue weighted by atomic mass is 10.1. The van der Waals surface area contributed by atoms with Crippen molar-refractivity contribution in [2.24, 2.45) is 5.92 Å². The molecule has 0 spiro atoms. The van der Waals surface area contributed by atoms with Crippen molar-refractivity contribution in [1.29, 1.82) is 0 Å². The molecule has 20 heavy (non-hydrogen) atoms. The topological polar surface area (TPSA) is 15.3 Å². The van der Waals surface area contributed by atoms with E-state index >= 15 is 0 Å². The van der Waals surface area contributed by atoms with Gasteiger partial charge in [0.1, 0.15) is 5.82 Å². The van der Waals surface area contributed by atoms with E-state index < -0.39 is 0 Å². The number of benzene rings is 1. The minimum atomic E-state index is -0.160. The Bertz CT molecular complexity index is 430. The van der Waals surface area contributed by atoms with Crippen molar-refractivity contribution >= 4 is 15.9 Å². The molecule has 0 radical (unpaired) electrons. The van der Waals surface area contributed by atoms with E-state index in [1.807, 2.05) is 0 Å². The number of hydrogen-bond acceptors (Lipinski definition) is 2. The van der Waals surface area contributed by atoms with Gasteiger partial charge in [-0.15, -0.1) is 0 Å². The molecule has 4 heteroatoms. The molecule has 1 N–H and O–H groups in total. The zero-order valence-electron chi connectivity index (χ0n) is 12.3. The molecule has 1 aromatic rings. The summed E-state index contributed by atoms with van der Waals surface area (Å²) >= 11 is 3.53. The van der Waals surface area contributed by atoms with Crippen LogP contribution in [0.3, 0.4) is 0 Å². The maximum Gasteiger partial charge on any atom is 0.123 e. The van der Waals surface area contributed by atoms with Crippen LogP contribution in [-0.2, 0) is 6.54 Å². The summed E-state index contributed by atoms with van der Waals surface area (Å²) in [7, 11) is 0. The van der Waals surface area contributed by atoms with Gasteiger partial charge in [-0.25, -0.2) is 4.39 Å². The zero-order chi connectivity index (χ0) is 14.5. The first-order chi connectivity index (χ1) is 9.54. The summed E-state index contributed by atoms with van der Waals surface area (Å²) in [5.74, 6) is 0.454. The quantitative estimate of drug-likeness (QED) is 0.845. The average Bonchev–Trinajstić information content (AvgIpc) is 2.86. The minimum absolute atomic E-state index is 0.160. The van der Waals surface area contributed by atoms with Gasteiger partial charge in [0.15, 0.2) is 0 Å². The number of nitrogens with one attached hydrogen (secondary N) is 1. The molecule has 1 atom stereocenters. The van der Waals surface area contributed by atoms with E-state index in [0.717, 1.165) is 36.2 Å². The van der Waals surface area contributed by atoms with Gasteiger partial charge < -0.3 is 5.32 Å². The number of rotatable bonds is 6. The molecule has 0 bridgehead atoms. The Morgan fingerprint density at radius 2 is 2.25 bits per heavy atom. The Hall–Kier alpha value is -0.450. The number of nitrogens with zero attached hydrogens (tertiary/aromatic N) is 1. The van der Waals surface area contributed by atoms with E-state index in [2.05, 4.69) is 40.0 Å². The van der Waals surface area contributed by atoms with Crippen molar-refractivity contribution in [3.8, 4) is 0 Å². The first-order valence-corrected chi connectivity index (χ1v) is 8.23. The summed E-state index contributed by atoms with van der Waals surface area (Å²) in [5.41, 5.74) is 1.03. The summed E-state index contributed by atoms with van der Waals surface area (Å²) in [6, 6.07) is 5.52. The van der Waals surface area contributed by atoms with Gasteiger partial charge >= 0.3 is 0 Å². The van der Waals surface area contributed by atoms with Gasteiger partial charge in [0.05, 0.1) is 0 Å². The molecule has 1 saturated heterocycles. The normalized spacial score (nSPS) is 19.2. The summed E-state index contributed by atoms with van der Waals surface area (Å²) < 4.78 is 14.4. The summed E-state index contributed by atoms with van der Waals surface area (Å²) in [6.45, 7) is 8.48. The third-order valence-corrected chi connectivity index (χ3v) is 4.44. The van der Waals surface area contributed by atoms with Crippen LogP contribution >= 0.6 is 15.9 Å². The maximum absolute atomic E-state index is 13.4. The van der Waals surface area contributed by atoms with Crippen LogP contribution in [0.2, 0.25) is 0 Å². The van der Waals surface area contributed by atoms with E-state index in [-0.39, 0.29) is 5.82 Å². The third kappa shape index (κ3) is 4.83. The van der Waals surface area contributed by atoms with Gasteiger partial charge in [0, 0.05) is 30.1 Å². The molecular formula is C16H24BrFN2. The van der Waals surface area contributed by atoms with E-state index in [9.17, 15) is 4.39 Å². The average molecular weight is 343 g/mol. The molecule has 1 fully saturated rings. The summed E-state index contributed by atoms with van der Waals surface area (Å²) in [5, 5.41) is 3.54. The van der Waals surface area contributed by atoms with E-state index in [0.29, 0.717) is 12.0 Å². The lowest BCUT2D eigenvalue weighted by Gasteiger charge is -2.27. The molecular weight excluding hydrogens is 319 g/mol. The predicted octanol–water partition coefficient (Wildman–Crippen LogP) is 3.80. The van der Waals surface area contributed by atoms with Gasteiger partial charge in [-0.1, -0.05) is 29.8 Å². The zero-order valence-corrected chi connectivity index (χ0v) is 13.9. The smallest absolute Gasteiger partial charge is 0.123 e. The number of halogens is 2. The van der Waals surface area contributed by atoms with Crippen LogP contribution in [0.4, 0.5) is 4.39 Å². The monoisotopic (exact) mass is 342 g/mol. The van der Waals surface area contributed by atoms with Gasteiger partial charge in [-0.05, 0) is 49.1 Å². The first-order valence-electron chi connectivity index (χ1n) is 7.44. The van der Waals surface area contributed by atoms with Crippen LogP contribution in [0.5, 0.6) is 0 Å². The highest BCUT2D eigenvalue weighted by Crippen LogP contribution is 2.21. The van der Waals surface area contributed by atoms with E-state index in [4.69, 9.17) is 0 Å². The van der Waals surface area contributed by atoms with Crippen molar-refractivity contribution in [2.45, 2.75) is 39.3 Å².